The van der Waals surface area contributed by atoms with Gasteiger partial charge < -0.3 is 4.74 Å². The Balaban J connectivity index is 2.36. The first-order chi connectivity index (χ1) is 9.93. The van der Waals surface area contributed by atoms with Crippen LogP contribution in [0.3, 0.4) is 0 Å². The molecule has 4 nitrogen and oxygen atoms in total. The summed E-state index contributed by atoms with van der Waals surface area (Å²) in [6, 6.07) is 6.29. The van der Waals surface area contributed by atoms with Gasteiger partial charge in [-0.15, -0.1) is 0 Å². The Kier molecular flexibility index (Phi) is 4.46. The van der Waals surface area contributed by atoms with Gasteiger partial charge in [0.05, 0.1) is 13.3 Å². The Morgan fingerprint density at radius 2 is 2.05 bits per heavy atom. The number of ether oxygens (including phenoxy) is 1. The molecule has 0 bridgehead atoms. The molecule has 0 aliphatic heterocycles. The maximum Gasteiger partial charge on any atom is 0.189 e. The van der Waals surface area contributed by atoms with E-state index in [4.69, 9.17) is 4.74 Å². The number of rotatable bonds is 5. The van der Waals surface area contributed by atoms with E-state index in [-0.39, 0.29) is 11.8 Å². The van der Waals surface area contributed by atoms with E-state index in [2.05, 4.69) is 23.3 Å². The third-order valence-corrected chi connectivity index (χ3v) is 3.59. The summed E-state index contributed by atoms with van der Waals surface area (Å²) in [5, 5.41) is 4.26. The molecule has 21 heavy (non-hydrogen) atoms. The Morgan fingerprint density at radius 3 is 2.67 bits per heavy atom. The van der Waals surface area contributed by atoms with Gasteiger partial charge in [-0.1, -0.05) is 23.8 Å². The zero-order chi connectivity index (χ0) is 15.6. The topological polar surface area (TPSA) is 44.1 Å². The van der Waals surface area contributed by atoms with Crippen molar-refractivity contribution in [3.63, 3.8) is 0 Å². The number of aryl methyl sites for hydroxylation is 2. The van der Waals surface area contributed by atoms with Crippen LogP contribution in [-0.2, 0) is 6.42 Å². The van der Waals surface area contributed by atoms with Gasteiger partial charge in [-0.05, 0) is 38.8 Å². The van der Waals surface area contributed by atoms with E-state index < -0.39 is 0 Å². The molecule has 0 unspecified atom stereocenters. The molecule has 0 N–H and O–H groups in total. The first kappa shape index (κ1) is 15.3. The molecule has 1 heterocycles. The van der Waals surface area contributed by atoms with Crippen LogP contribution < -0.4 is 4.74 Å². The van der Waals surface area contributed by atoms with E-state index in [1.807, 2.05) is 27.7 Å². The fourth-order valence-corrected chi connectivity index (χ4v) is 2.40. The van der Waals surface area contributed by atoms with Crippen molar-refractivity contribution in [2.45, 2.75) is 40.2 Å². The Morgan fingerprint density at radius 1 is 1.33 bits per heavy atom. The number of methoxy groups -OCH3 is 1. The quantitative estimate of drug-likeness (QED) is 0.790. The van der Waals surface area contributed by atoms with E-state index in [9.17, 15) is 4.79 Å². The zero-order valence-corrected chi connectivity index (χ0v) is 13.3. The number of carbonyl (C=O) groups excluding carboxylic acids is 1. The molecule has 0 saturated heterocycles. The van der Waals surface area contributed by atoms with Gasteiger partial charge in [-0.3, -0.25) is 9.48 Å². The van der Waals surface area contributed by atoms with E-state index in [1.165, 1.54) is 0 Å². The predicted molar refractivity (Wildman–Crippen MR) is 83.1 cm³/mol. The molecule has 0 atom stereocenters. The van der Waals surface area contributed by atoms with Crippen molar-refractivity contribution in [2.75, 3.05) is 7.11 Å². The van der Waals surface area contributed by atoms with Gasteiger partial charge >= 0.3 is 0 Å². The number of Topliss-reactive ketones (excluding diaryl/α,β-unsaturated/α-hetero) is 1. The van der Waals surface area contributed by atoms with Crippen LogP contribution in [0, 0.1) is 13.8 Å². The van der Waals surface area contributed by atoms with Crippen LogP contribution in [0.15, 0.2) is 24.4 Å². The molecule has 0 aliphatic rings. The fraction of sp³-hybridized carbons (Fsp3) is 0.412. The number of benzene rings is 1. The van der Waals surface area contributed by atoms with E-state index in [1.54, 1.807) is 18.0 Å². The molecule has 112 valence electrons. The van der Waals surface area contributed by atoms with Crippen LogP contribution in [0.1, 0.15) is 47.1 Å². The van der Waals surface area contributed by atoms with Crippen molar-refractivity contribution >= 4 is 5.78 Å². The lowest BCUT2D eigenvalue weighted by Crippen LogP contribution is -2.15. The van der Waals surface area contributed by atoms with Crippen molar-refractivity contribution in [1.82, 2.24) is 9.78 Å². The van der Waals surface area contributed by atoms with Crippen molar-refractivity contribution < 1.29 is 9.53 Å². The number of carbonyl (C=O) groups is 1. The molecule has 1 aromatic carbocycles. The summed E-state index contributed by atoms with van der Waals surface area (Å²) >= 11 is 0. The van der Waals surface area contributed by atoms with Crippen LogP contribution in [0.2, 0.25) is 0 Å². The average molecular weight is 286 g/mol. The van der Waals surface area contributed by atoms with Gasteiger partial charge in [0.25, 0.3) is 0 Å². The SMILES string of the molecule is COc1cnn(C(C)C)c1C(=O)Cc1cc(C)ccc1C. The highest BCUT2D eigenvalue weighted by molar-refractivity contribution is 5.98. The number of ketones is 1. The van der Waals surface area contributed by atoms with Gasteiger partial charge in [0.2, 0.25) is 0 Å². The molecule has 1 aromatic heterocycles. The zero-order valence-electron chi connectivity index (χ0n) is 13.3. The Hall–Kier alpha value is -2.10. The molecular formula is C17H22N2O2. The first-order valence-electron chi connectivity index (χ1n) is 7.15. The molecule has 0 amide bonds. The van der Waals surface area contributed by atoms with Crippen LogP contribution >= 0.6 is 0 Å². The molecule has 2 rings (SSSR count). The van der Waals surface area contributed by atoms with Crippen LogP contribution in [0.5, 0.6) is 5.75 Å². The number of hydrogen-bond acceptors (Lipinski definition) is 3. The van der Waals surface area contributed by atoms with Gasteiger partial charge in [0.1, 0.15) is 5.69 Å². The summed E-state index contributed by atoms with van der Waals surface area (Å²) in [7, 11) is 1.57. The third kappa shape index (κ3) is 3.15. The highest BCUT2D eigenvalue weighted by Crippen LogP contribution is 2.23. The van der Waals surface area contributed by atoms with Crippen molar-refractivity contribution in [3.8, 4) is 5.75 Å². The summed E-state index contributed by atoms with van der Waals surface area (Å²) < 4.78 is 7.01. The second kappa shape index (κ2) is 6.12. The minimum absolute atomic E-state index is 0.0340. The normalized spacial score (nSPS) is 11.0. The number of nitrogens with zero attached hydrogens (tertiary/aromatic N) is 2. The van der Waals surface area contributed by atoms with Crippen molar-refractivity contribution in [1.29, 1.82) is 0 Å². The Bertz CT molecular complexity index is 657. The summed E-state index contributed by atoms with van der Waals surface area (Å²) in [4.78, 5) is 12.7. The largest absolute Gasteiger partial charge is 0.493 e. The highest BCUT2D eigenvalue weighted by atomic mass is 16.5. The van der Waals surface area contributed by atoms with E-state index >= 15 is 0 Å². The van der Waals surface area contributed by atoms with Crippen LogP contribution in [-0.4, -0.2) is 22.7 Å². The molecule has 0 radical (unpaired) electrons. The molecular weight excluding hydrogens is 264 g/mol. The lowest BCUT2D eigenvalue weighted by atomic mass is 9.99. The van der Waals surface area contributed by atoms with Crippen molar-refractivity contribution in [3.05, 3.63) is 46.8 Å². The molecule has 4 heteroatoms. The molecule has 0 aliphatic carbocycles. The molecule has 0 spiro atoms. The van der Waals surface area contributed by atoms with Gasteiger partial charge in [0.15, 0.2) is 11.5 Å². The minimum Gasteiger partial charge on any atom is -0.493 e. The van der Waals surface area contributed by atoms with Crippen molar-refractivity contribution in [2.24, 2.45) is 0 Å². The smallest absolute Gasteiger partial charge is 0.189 e. The predicted octanol–water partition coefficient (Wildman–Crippen LogP) is 3.51. The number of hydrogen-bond donors (Lipinski definition) is 0. The van der Waals surface area contributed by atoms with Crippen LogP contribution in [0.4, 0.5) is 0 Å². The summed E-state index contributed by atoms with van der Waals surface area (Å²) in [5.74, 6) is 0.575. The van der Waals surface area contributed by atoms with Crippen LogP contribution in [0.25, 0.3) is 0 Å². The van der Waals surface area contributed by atoms with E-state index in [0.29, 0.717) is 17.9 Å². The standard InChI is InChI=1S/C17H22N2O2/c1-11(2)19-17(16(21-5)10-18-19)15(20)9-14-8-12(3)6-7-13(14)4/h6-8,10-11H,9H2,1-5H3. The maximum absolute atomic E-state index is 12.7. The summed E-state index contributed by atoms with van der Waals surface area (Å²) in [6.07, 6.45) is 1.97. The first-order valence-corrected chi connectivity index (χ1v) is 7.15. The third-order valence-electron chi connectivity index (χ3n) is 3.59. The minimum atomic E-state index is 0.0340. The fourth-order valence-electron chi connectivity index (χ4n) is 2.40. The highest BCUT2D eigenvalue weighted by Gasteiger charge is 2.21. The second-order valence-corrected chi connectivity index (χ2v) is 5.63. The lowest BCUT2D eigenvalue weighted by Gasteiger charge is -2.12. The second-order valence-electron chi connectivity index (χ2n) is 5.63. The van der Waals surface area contributed by atoms with Gasteiger partial charge in [-0.2, -0.15) is 5.10 Å². The summed E-state index contributed by atoms with van der Waals surface area (Å²) in [5.41, 5.74) is 3.89. The summed E-state index contributed by atoms with van der Waals surface area (Å²) in [6.45, 7) is 8.06. The molecule has 2 aromatic rings. The average Bonchev–Trinajstić information content (AvgIpc) is 2.87. The Labute approximate surface area is 125 Å². The monoisotopic (exact) mass is 286 g/mol. The molecule has 0 saturated carbocycles. The maximum atomic E-state index is 12.7. The number of aromatic nitrogens is 2. The van der Waals surface area contributed by atoms with E-state index in [0.717, 1.165) is 16.7 Å². The lowest BCUT2D eigenvalue weighted by molar-refractivity contribution is 0.0977. The van der Waals surface area contributed by atoms with Gasteiger partial charge in [-0.25, -0.2) is 0 Å². The molecule has 0 fully saturated rings. The van der Waals surface area contributed by atoms with Gasteiger partial charge in [0, 0.05) is 12.5 Å².